The standard InChI is InChI=1S/C21H21FN4O2/c22-16-5-13(8-23-9-16)21(28)25-10-14-6-19(20(27)7-15(14)11-25)26-12-24-17-3-1-2-4-18(17)26/h1-5,8-9,12,14-15,19-20,27H,6-7,10-11H2/t14-,15+,19-,20-/m1/s1. The minimum absolute atomic E-state index is 0.0560. The topological polar surface area (TPSA) is 71.2 Å². The lowest BCUT2D eigenvalue weighted by atomic mass is 9.77. The third-order valence-electron chi connectivity index (χ3n) is 6.19. The summed E-state index contributed by atoms with van der Waals surface area (Å²) < 4.78 is 15.5. The van der Waals surface area contributed by atoms with E-state index in [9.17, 15) is 14.3 Å². The van der Waals surface area contributed by atoms with E-state index < -0.39 is 11.9 Å². The van der Waals surface area contributed by atoms with Crippen molar-refractivity contribution in [3.63, 3.8) is 0 Å². The SMILES string of the molecule is O=C(c1cncc(F)c1)N1C[C@H]2C[C@@H](n3cnc4ccccc43)[C@H](O)C[C@H]2C1. The molecule has 0 spiro atoms. The fourth-order valence-electron chi connectivity index (χ4n) is 4.83. The van der Waals surface area contributed by atoms with Gasteiger partial charge in [-0.1, -0.05) is 12.1 Å². The minimum Gasteiger partial charge on any atom is -0.391 e. The van der Waals surface area contributed by atoms with Gasteiger partial charge in [-0.15, -0.1) is 0 Å². The van der Waals surface area contributed by atoms with E-state index in [0.29, 0.717) is 25.4 Å². The van der Waals surface area contributed by atoms with Gasteiger partial charge >= 0.3 is 0 Å². The Kier molecular flexibility index (Phi) is 4.12. The minimum atomic E-state index is -0.509. The van der Waals surface area contributed by atoms with E-state index in [1.54, 1.807) is 11.2 Å². The lowest BCUT2D eigenvalue weighted by Crippen LogP contribution is -2.36. The van der Waals surface area contributed by atoms with Gasteiger partial charge in [0, 0.05) is 19.3 Å². The molecule has 4 atom stereocenters. The van der Waals surface area contributed by atoms with Crippen LogP contribution in [0.2, 0.25) is 0 Å². The number of hydrogen-bond acceptors (Lipinski definition) is 4. The average molecular weight is 380 g/mol. The third kappa shape index (κ3) is 2.86. The molecule has 1 saturated carbocycles. The summed E-state index contributed by atoms with van der Waals surface area (Å²) in [6.45, 7) is 1.21. The number of imidazole rings is 1. The van der Waals surface area contributed by atoms with Gasteiger partial charge in [0.25, 0.3) is 5.91 Å². The number of pyridine rings is 1. The van der Waals surface area contributed by atoms with Gasteiger partial charge in [0.2, 0.25) is 0 Å². The van der Waals surface area contributed by atoms with Crippen molar-refractivity contribution in [1.29, 1.82) is 0 Å². The molecule has 1 aromatic carbocycles. The van der Waals surface area contributed by atoms with Gasteiger partial charge in [-0.2, -0.15) is 0 Å². The van der Waals surface area contributed by atoms with Crippen molar-refractivity contribution in [2.75, 3.05) is 13.1 Å². The fourth-order valence-corrected chi connectivity index (χ4v) is 4.83. The highest BCUT2D eigenvalue weighted by Crippen LogP contribution is 2.42. The highest BCUT2D eigenvalue weighted by molar-refractivity contribution is 5.94. The first-order valence-electron chi connectivity index (χ1n) is 9.59. The number of fused-ring (bicyclic) bond motifs is 2. The van der Waals surface area contributed by atoms with E-state index >= 15 is 0 Å². The number of hydrogen-bond donors (Lipinski definition) is 1. The highest BCUT2D eigenvalue weighted by atomic mass is 19.1. The quantitative estimate of drug-likeness (QED) is 0.742. The van der Waals surface area contributed by atoms with Gasteiger partial charge in [0.15, 0.2) is 0 Å². The Morgan fingerprint density at radius 1 is 1.14 bits per heavy atom. The summed E-state index contributed by atoms with van der Waals surface area (Å²) in [6.07, 6.45) is 5.25. The molecule has 1 saturated heterocycles. The monoisotopic (exact) mass is 380 g/mol. The summed E-state index contributed by atoms with van der Waals surface area (Å²) in [7, 11) is 0. The van der Waals surface area contributed by atoms with Gasteiger partial charge in [-0.05, 0) is 42.9 Å². The van der Waals surface area contributed by atoms with Crippen molar-refractivity contribution >= 4 is 16.9 Å². The number of para-hydroxylation sites is 2. The molecule has 2 aliphatic rings. The number of rotatable bonds is 2. The van der Waals surface area contributed by atoms with E-state index in [1.807, 2.05) is 24.3 Å². The average Bonchev–Trinajstić information content (AvgIpc) is 3.30. The maximum atomic E-state index is 13.4. The van der Waals surface area contributed by atoms with E-state index in [-0.39, 0.29) is 23.4 Å². The Balaban J connectivity index is 1.36. The first kappa shape index (κ1) is 17.3. The molecule has 0 radical (unpaired) electrons. The Hall–Kier alpha value is -2.80. The molecule has 1 amide bonds. The Labute approximate surface area is 161 Å². The maximum absolute atomic E-state index is 13.4. The normalized spacial score (nSPS) is 27.1. The zero-order valence-corrected chi connectivity index (χ0v) is 15.3. The van der Waals surface area contributed by atoms with E-state index in [2.05, 4.69) is 14.5 Å². The number of carbonyl (C=O) groups is 1. The molecule has 0 bridgehead atoms. The molecule has 2 fully saturated rings. The molecule has 0 unspecified atom stereocenters. The largest absolute Gasteiger partial charge is 0.391 e. The highest BCUT2D eigenvalue weighted by Gasteiger charge is 2.44. The van der Waals surface area contributed by atoms with Crippen LogP contribution in [0.4, 0.5) is 4.39 Å². The van der Waals surface area contributed by atoms with Crippen molar-refractivity contribution in [1.82, 2.24) is 19.4 Å². The third-order valence-corrected chi connectivity index (χ3v) is 6.19. The van der Waals surface area contributed by atoms with Crippen LogP contribution in [0.3, 0.4) is 0 Å². The van der Waals surface area contributed by atoms with Crippen molar-refractivity contribution in [2.45, 2.75) is 25.0 Å². The van der Waals surface area contributed by atoms with Crippen LogP contribution in [0.25, 0.3) is 11.0 Å². The summed E-state index contributed by atoms with van der Waals surface area (Å²) in [4.78, 5) is 22.8. The lowest BCUT2D eigenvalue weighted by Gasteiger charge is -2.36. The van der Waals surface area contributed by atoms with Crippen LogP contribution < -0.4 is 0 Å². The summed E-state index contributed by atoms with van der Waals surface area (Å²) in [5, 5.41) is 10.8. The first-order chi connectivity index (χ1) is 13.6. The van der Waals surface area contributed by atoms with Crippen LogP contribution in [0.15, 0.2) is 49.1 Å². The second-order valence-corrected chi connectivity index (χ2v) is 7.87. The maximum Gasteiger partial charge on any atom is 0.255 e. The molecule has 5 rings (SSSR count). The number of halogens is 1. The van der Waals surface area contributed by atoms with Gasteiger partial charge in [0.05, 0.1) is 41.3 Å². The Morgan fingerprint density at radius 2 is 1.93 bits per heavy atom. The molecular weight excluding hydrogens is 359 g/mol. The Bertz CT molecular complexity index is 1040. The molecule has 144 valence electrons. The predicted octanol–water partition coefficient (Wildman–Crippen LogP) is 2.65. The fraction of sp³-hybridized carbons (Fsp3) is 0.381. The van der Waals surface area contributed by atoms with Gasteiger partial charge in [0.1, 0.15) is 5.82 Å². The van der Waals surface area contributed by atoms with Crippen LogP contribution in [-0.4, -0.2) is 49.6 Å². The van der Waals surface area contributed by atoms with Crippen molar-refractivity contribution in [3.05, 3.63) is 60.4 Å². The second-order valence-electron chi connectivity index (χ2n) is 7.87. The van der Waals surface area contributed by atoms with Crippen LogP contribution in [0, 0.1) is 17.7 Å². The molecule has 1 N–H and O–H groups in total. The zero-order chi connectivity index (χ0) is 19.3. The van der Waals surface area contributed by atoms with E-state index in [1.165, 1.54) is 12.3 Å². The summed E-state index contributed by atoms with van der Waals surface area (Å²) >= 11 is 0. The van der Waals surface area contributed by atoms with Gasteiger partial charge < -0.3 is 14.6 Å². The first-order valence-corrected chi connectivity index (χ1v) is 9.59. The number of amides is 1. The predicted molar refractivity (Wildman–Crippen MR) is 101 cm³/mol. The molecule has 2 aromatic heterocycles. The van der Waals surface area contributed by atoms with E-state index in [0.717, 1.165) is 23.7 Å². The van der Waals surface area contributed by atoms with Crippen LogP contribution in [-0.2, 0) is 0 Å². The number of likely N-dealkylation sites (tertiary alicyclic amines) is 1. The molecule has 7 heteroatoms. The van der Waals surface area contributed by atoms with Crippen molar-refractivity contribution in [2.24, 2.45) is 11.8 Å². The van der Waals surface area contributed by atoms with E-state index in [4.69, 9.17) is 0 Å². The molecular formula is C21H21FN4O2. The number of aliphatic hydroxyl groups excluding tert-OH is 1. The molecule has 1 aliphatic heterocycles. The number of aliphatic hydroxyl groups is 1. The van der Waals surface area contributed by atoms with Crippen LogP contribution in [0.5, 0.6) is 0 Å². The van der Waals surface area contributed by atoms with Crippen molar-refractivity contribution in [3.8, 4) is 0 Å². The Morgan fingerprint density at radius 3 is 2.75 bits per heavy atom. The zero-order valence-electron chi connectivity index (χ0n) is 15.3. The molecule has 28 heavy (non-hydrogen) atoms. The number of aromatic nitrogens is 3. The van der Waals surface area contributed by atoms with Crippen LogP contribution >= 0.6 is 0 Å². The second kappa shape index (κ2) is 6.67. The summed E-state index contributed by atoms with van der Waals surface area (Å²) in [6, 6.07) is 9.08. The molecule has 3 heterocycles. The van der Waals surface area contributed by atoms with Gasteiger partial charge in [-0.25, -0.2) is 9.37 Å². The summed E-state index contributed by atoms with van der Waals surface area (Å²) in [5.74, 6) is -0.142. The van der Waals surface area contributed by atoms with Crippen LogP contribution in [0.1, 0.15) is 29.2 Å². The molecule has 1 aliphatic carbocycles. The number of carbonyl (C=O) groups excluding carboxylic acids is 1. The number of benzene rings is 1. The number of nitrogens with zero attached hydrogens (tertiary/aromatic N) is 4. The molecule has 3 aromatic rings. The smallest absolute Gasteiger partial charge is 0.255 e. The van der Waals surface area contributed by atoms with Crippen molar-refractivity contribution < 1.29 is 14.3 Å². The van der Waals surface area contributed by atoms with Gasteiger partial charge in [-0.3, -0.25) is 9.78 Å². The lowest BCUT2D eigenvalue weighted by molar-refractivity contribution is 0.0374. The summed E-state index contributed by atoms with van der Waals surface area (Å²) in [5.41, 5.74) is 2.21. The molecule has 6 nitrogen and oxygen atoms in total.